The zero-order chi connectivity index (χ0) is 21.5. The van der Waals surface area contributed by atoms with Crippen LogP contribution < -0.4 is 4.74 Å². The van der Waals surface area contributed by atoms with Crippen LogP contribution >= 0.6 is 0 Å². The average Bonchev–Trinajstić information content (AvgIpc) is 3.09. The summed E-state index contributed by atoms with van der Waals surface area (Å²) in [5.41, 5.74) is -3.22. The third-order valence-corrected chi connectivity index (χ3v) is 5.35. The Morgan fingerprint density at radius 2 is 1.83 bits per heavy atom. The number of para-hydroxylation sites is 1. The van der Waals surface area contributed by atoms with Gasteiger partial charge < -0.3 is 14.4 Å². The van der Waals surface area contributed by atoms with E-state index in [1.807, 2.05) is 0 Å². The molecule has 7 nitrogen and oxygen atoms in total. The smallest absolute Gasteiger partial charge is 0.429 e. The Kier molecular flexibility index (Phi) is 4.95. The van der Waals surface area contributed by atoms with E-state index in [4.69, 9.17) is 4.74 Å². The molecule has 0 amide bonds. The summed E-state index contributed by atoms with van der Waals surface area (Å²) in [4.78, 5) is 18.2. The lowest BCUT2D eigenvalue weighted by molar-refractivity contribution is -0.207. The van der Waals surface area contributed by atoms with Gasteiger partial charge in [-0.2, -0.15) is 18.3 Å². The highest BCUT2D eigenvalue weighted by molar-refractivity contribution is 5.92. The summed E-state index contributed by atoms with van der Waals surface area (Å²) >= 11 is 0. The molecule has 1 fully saturated rings. The van der Waals surface area contributed by atoms with Crippen LogP contribution in [-0.4, -0.2) is 53.0 Å². The first-order chi connectivity index (χ1) is 14.3. The van der Waals surface area contributed by atoms with Gasteiger partial charge in [-0.25, -0.2) is 14.5 Å². The van der Waals surface area contributed by atoms with Gasteiger partial charge in [0, 0.05) is 13.1 Å². The largest absolute Gasteiger partial charge is 0.467 e. The van der Waals surface area contributed by atoms with Crippen LogP contribution in [0.3, 0.4) is 0 Å². The molecule has 1 aromatic carbocycles. The SMILES string of the molecule is COC(=O)[C@]1(C(F)(F)F)N=C(N2CCCCC2)Oc2c1c(C)nn2-c1ccccc1. The van der Waals surface area contributed by atoms with Gasteiger partial charge in [-0.05, 0) is 38.3 Å². The number of rotatable bonds is 2. The molecule has 160 valence electrons. The number of likely N-dealkylation sites (tertiary alicyclic amines) is 1. The van der Waals surface area contributed by atoms with E-state index in [1.165, 1.54) is 11.6 Å². The van der Waals surface area contributed by atoms with Gasteiger partial charge in [0.15, 0.2) is 0 Å². The Morgan fingerprint density at radius 1 is 1.17 bits per heavy atom. The third-order valence-electron chi connectivity index (χ3n) is 5.35. The molecule has 0 saturated carbocycles. The van der Waals surface area contributed by atoms with Crippen LogP contribution in [0.25, 0.3) is 5.69 Å². The zero-order valence-corrected chi connectivity index (χ0v) is 16.6. The van der Waals surface area contributed by atoms with E-state index in [0.717, 1.165) is 26.4 Å². The molecule has 1 saturated heterocycles. The van der Waals surface area contributed by atoms with Crippen molar-refractivity contribution in [2.75, 3.05) is 20.2 Å². The van der Waals surface area contributed by atoms with Gasteiger partial charge in [-0.15, -0.1) is 0 Å². The number of carbonyl (C=O) groups excluding carboxylic acids is 1. The third kappa shape index (κ3) is 3.01. The molecule has 10 heteroatoms. The summed E-state index contributed by atoms with van der Waals surface area (Å²) in [6.45, 7) is 2.37. The lowest BCUT2D eigenvalue weighted by Crippen LogP contribution is -2.54. The fourth-order valence-corrected chi connectivity index (χ4v) is 3.91. The Hall–Kier alpha value is -3.04. The van der Waals surface area contributed by atoms with E-state index in [1.54, 1.807) is 35.2 Å². The number of halogens is 3. The summed E-state index contributed by atoms with van der Waals surface area (Å²) in [6.07, 6.45) is -2.50. The Labute approximate surface area is 171 Å². The molecule has 3 heterocycles. The van der Waals surface area contributed by atoms with Gasteiger partial charge in [0.25, 0.3) is 11.6 Å². The van der Waals surface area contributed by atoms with Crippen LogP contribution in [0.2, 0.25) is 0 Å². The van der Waals surface area contributed by atoms with Gasteiger partial charge in [0.2, 0.25) is 5.88 Å². The predicted molar refractivity (Wildman–Crippen MR) is 102 cm³/mol. The summed E-state index contributed by atoms with van der Waals surface area (Å²) in [5.74, 6) is -1.71. The van der Waals surface area contributed by atoms with Crippen molar-refractivity contribution in [3.8, 4) is 11.6 Å². The summed E-state index contributed by atoms with van der Waals surface area (Å²) in [5, 5.41) is 4.26. The van der Waals surface area contributed by atoms with Crippen LogP contribution in [0.1, 0.15) is 30.5 Å². The number of fused-ring (bicyclic) bond motifs is 1. The minimum absolute atomic E-state index is 0.0157. The second-order valence-corrected chi connectivity index (χ2v) is 7.26. The van der Waals surface area contributed by atoms with E-state index < -0.39 is 23.2 Å². The van der Waals surface area contributed by atoms with Crippen molar-refractivity contribution >= 4 is 12.0 Å². The maximum absolute atomic E-state index is 14.5. The first kappa shape index (κ1) is 20.2. The number of carbonyl (C=O) groups is 1. The average molecular weight is 422 g/mol. The van der Waals surface area contributed by atoms with Crippen LogP contribution in [0.4, 0.5) is 13.2 Å². The van der Waals surface area contributed by atoms with E-state index in [0.29, 0.717) is 18.8 Å². The number of aryl methyl sites for hydroxylation is 1. The predicted octanol–water partition coefficient (Wildman–Crippen LogP) is 3.35. The van der Waals surface area contributed by atoms with Crippen molar-refractivity contribution in [1.82, 2.24) is 14.7 Å². The van der Waals surface area contributed by atoms with E-state index >= 15 is 0 Å². The highest BCUT2D eigenvalue weighted by Crippen LogP contribution is 2.51. The van der Waals surface area contributed by atoms with E-state index in [9.17, 15) is 18.0 Å². The van der Waals surface area contributed by atoms with E-state index in [2.05, 4.69) is 14.8 Å². The zero-order valence-electron chi connectivity index (χ0n) is 16.6. The maximum atomic E-state index is 14.5. The van der Waals surface area contributed by atoms with Gasteiger partial charge in [-0.3, -0.25) is 0 Å². The number of ether oxygens (including phenoxy) is 2. The second-order valence-electron chi connectivity index (χ2n) is 7.26. The number of nitrogens with zero attached hydrogens (tertiary/aromatic N) is 4. The van der Waals surface area contributed by atoms with Gasteiger partial charge in [-0.1, -0.05) is 18.2 Å². The lowest BCUT2D eigenvalue weighted by atomic mass is 9.88. The Bertz CT molecular complexity index is 981. The molecule has 0 bridgehead atoms. The topological polar surface area (TPSA) is 68.9 Å². The number of methoxy groups -OCH3 is 1. The van der Waals surface area contributed by atoms with Crippen LogP contribution in [-0.2, 0) is 15.1 Å². The molecule has 2 aliphatic heterocycles. The molecule has 4 rings (SSSR count). The number of aliphatic imine (C=N–C) groups is 1. The maximum Gasteiger partial charge on any atom is 0.429 e. The molecule has 0 aliphatic carbocycles. The monoisotopic (exact) mass is 422 g/mol. The molecule has 0 N–H and O–H groups in total. The fraction of sp³-hybridized carbons (Fsp3) is 0.450. The van der Waals surface area contributed by atoms with Gasteiger partial charge in [0.05, 0.1) is 24.1 Å². The highest BCUT2D eigenvalue weighted by Gasteiger charge is 2.68. The molecule has 2 aromatic rings. The Morgan fingerprint density at radius 3 is 2.43 bits per heavy atom. The first-order valence-electron chi connectivity index (χ1n) is 9.63. The number of esters is 1. The number of hydrogen-bond acceptors (Lipinski definition) is 6. The van der Waals surface area contributed by atoms with Gasteiger partial charge in [0.1, 0.15) is 0 Å². The molecular formula is C20H21F3N4O3. The second kappa shape index (κ2) is 7.33. The molecule has 0 radical (unpaired) electrons. The minimum Gasteiger partial charge on any atom is -0.467 e. The minimum atomic E-state index is -5.06. The molecule has 1 aromatic heterocycles. The van der Waals surface area contributed by atoms with Gasteiger partial charge >= 0.3 is 12.1 Å². The van der Waals surface area contributed by atoms with Crippen molar-refractivity contribution in [2.45, 2.75) is 37.9 Å². The van der Waals surface area contributed by atoms with Crippen molar-refractivity contribution < 1.29 is 27.4 Å². The standard InChI is InChI=1S/C20H21F3N4O3/c1-13-15-16(27(25-13)14-9-5-3-6-10-14)30-18(26-11-7-4-8-12-26)24-19(15,17(28)29-2)20(21,22)23/h3,5-6,9-10H,4,7-8,11-12H2,1-2H3/t19-/m1/s1. The molecule has 30 heavy (non-hydrogen) atoms. The fourth-order valence-electron chi connectivity index (χ4n) is 3.91. The lowest BCUT2D eigenvalue weighted by Gasteiger charge is -2.37. The summed E-state index contributed by atoms with van der Waals surface area (Å²) in [7, 11) is 0.915. The number of amidine groups is 1. The van der Waals surface area contributed by atoms with Crippen LogP contribution in [0.5, 0.6) is 5.88 Å². The van der Waals surface area contributed by atoms with E-state index in [-0.39, 0.29) is 17.6 Å². The number of benzene rings is 1. The van der Waals surface area contributed by atoms with Crippen molar-refractivity contribution in [3.05, 3.63) is 41.6 Å². The Balaban J connectivity index is 1.98. The number of piperidine rings is 1. The number of aromatic nitrogens is 2. The van der Waals surface area contributed by atoms with Crippen LogP contribution in [0.15, 0.2) is 35.3 Å². The van der Waals surface area contributed by atoms with Crippen molar-refractivity contribution in [2.24, 2.45) is 4.99 Å². The number of hydrogen-bond donors (Lipinski definition) is 0. The quantitative estimate of drug-likeness (QED) is 0.695. The molecule has 0 spiro atoms. The number of alkyl halides is 3. The summed E-state index contributed by atoms with van der Waals surface area (Å²) < 4.78 is 55.3. The molecule has 0 unspecified atom stereocenters. The molecule has 2 aliphatic rings. The van der Waals surface area contributed by atoms with Crippen molar-refractivity contribution in [1.29, 1.82) is 0 Å². The van der Waals surface area contributed by atoms with Crippen LogP contribution in [0, 0.1) is 6.92 Å². The van der Waals surface area contributed by atoms with Crippen molar-refractivity contribution in [3.63, 3.8) is 0 Å². The summed E-state index contributed by atoms with van der Waals surface area (Å²) in [6, 6.07) is 8.38. The molecular weight excluding hydrogens is 401 g/mol. The highest BCUT2D eigenvalue weighted by atomic mass is 19.4. The molecule has 1 atom stereocenters. The first-order valence-corrected chi connectivity index (χ1v) is 9.63. The normalized spacial score (nSPS) is 21.5.